The smallest absolute Gasteiger partial charge is 0.245 e. The van der Waals surface area contributed by atoms with E-state index in [-0.39, 0.29) is 5.92 Å². The van der Waals surface area contributed by atoms with E-state index in [1.54, 1.807) is 0 Å². The lowest BCUT2D eigenvalue weighted by atomic mass is 9.96. The molecular weight excluding hydrogens is 114 g/mol. The minimum Gasteiger partial charge on any atom is -0.273 e. The van der Waals surface area contributed by atoms with Crippen molar-refractivity contribution in [3.63, 3.8) is 0 Å². The molecule has 1 atom stereocenters. The van der Waals surface area contributed by atoms with Crippen LogP contribution < -0.4 is 5.73 Å². The van der Waals surface area contributed by atoms with E-state index in [9.17, 15) is 4.79 Å². The normalized spacial score (nSPS) is 26.0. The van der Waals surface area contributed by atoms with E-state index in [2.05, 4.69) is 0 Å². The Morgan fingerprint density at radius 1 is 1.67 bits per heavy atom. The van der Waals surface area contributed by atoms with Crippen molar-refractivity contribution in [2.45, 2.75) is 19.3 Å². The van der Waals surface area contributed by atoms with Crippen LogP contribution in [-0.2, 0) is 4.79 Å². The molecule has 1 N–H and O–H groups in total. The van der Waals surface area contributed by atoms with E-state index in [4.69, 9.17) is 5.73 Å². The van der Waals surface area contributed by atoms with Gasteiger partial charge in [0.15, 0.2) is 0 Å². The van der Waals surface area contributed by atoms with Gasteiger partial charge in [0.1, 0.15) is 0 Å². The molecule has 2 heteroatoms. The Kier molecular flexibility index (Phi) is 1.88. The first-order valence-corrected chi connectivity index (χ1v) is 3.23. The summed E-state index contributed by atoms with van der Waals surface area (Å²) in [4.78, 5) is 10.4. The zero-order chi connectivity index (χ0) is 6.69. The van der Waals surface area contributed by atoms with Crippen LogP contribution in [0.25, 0.3) is 0 Å². The van der Waals surface area contributed by atoms with Crippen LogP contribution in [0.1, 0.15) is 19.3 Å². The lowest BCUT2D eigenvalue weighted by Gasteiger charge is -2.10. The molecule has 0 saturated carbocycles. The third-order valence-corrected chi connectivity index (χ3v) is 1.59. The van der Waals surface area contributed by atoms with Gasteiger partial charge in [0.05, 0.1) is 5.92 Å². The van der Waals surface area contributed by atoms with Crippen molar-refractivity contribution in [1.29, 1.82) is 0 Å². The Bertz CT molecular complexity index is 140. The summed E-state index contributed by atoms with van der Waals surface area (Å²) in [6.07, 6.45) is 6.84. The molecular formula is C7H10NO. The highest BCUT2D eigenvalue weighted by molar-refractivity contribution is 5.77. The Morgan fingerprint density at radius 2 is 2.44 bits per heavy atom. The number of hydrogen-bond donors (Lipinski definition) is 0. The molecule has 0 aromatic heterocycles. The van der Waals surface area contributed by atoms with Gasteiger partial charge in [0.25, 0.3) is 0 Å². The maximum atomic E-state index is 10.4. The van der Waals surface area contributed by atoms with Gasteiger partial charge in [-0.15, -0.1) is 0 Å². The second kappa shape index (κ2) is 2.67. The average molecular weight is 124 g/mol. The first kappa shape index (κ1) is 6.33. The van der Waals surface area contributed by atoms with E-state index >= 15 is 0 Å². The van der Waals surface area contributed by atoms with Crippen molar-refractivity contribution in [3.8, 4) is 0 Å². The topological polar surface area (TPSA) is 40.9 Å². The number of nitrogens with one attached hydrogen (secondary N) is 1. The number of carbonyl (C=O) groups is 1. The van der Waals surface area contributed by atoms with Gasteiger partial charge in [-0.3, -0.25) is 10.5 Å². The number of hydrogen-bond acceptors (Lipinski definition) is 1. The highest BCUT2D eigenvalue weighted by Crippen LogP contribution is 2.16. The number of rotatable bonds is 1. The molecule has 1 amide bonds. The fourth-order valence-corrected chi connectivity index (χ4v) is 1.03. The van der Waals surface area contributed by atoms with Crippen LogP contribution >= 0.6 is 0 Å². The van der Waals surface area contributed by atoms with E-state index in [1.165, 1.54) is 0 Å². The Balaban J connectivity index is 2.50. The van der Waals surface area contributed by atoms with Crippen LogP contribution in [-0.4, -0.2) is 5.91 Å². The molecule has 0 saturated heterocycles. The van der Waals surface area contributed by atoms with Gasteiger partial charge in [0.2, 0.25) is 5.91 Å². The van der Waals surface area contributed by atoms with Gasteiger partial charge in [-0.1, -0.05) is 12.2 Å². The molecule has 0 spiro atoms. The SMILES string of the molecule is [NH]C(=O)C1C=CCCC1. The predicted octanol–water partition coefficient (Wildman–Crippen LogP) is 1.15. The maximum absolute atomic E-state index is 10.4. The van der Waals surface area contributed by atoms with Crippen molar-refractivity contribution in [3.05, 3.63) is 12.2 Å². The van der Waals surface area contributed by atoms with E-state index in [0.29, 0.717) is 0 Å². The summed E-state index contributed by atoms with van der Waals surface area (Å²) in [6, 6.07) is 0. The van der Waals surface area contributed by atoms with E-state index < -0.39 is 5.91 Å². The molecule has 0 aromatic rings. The maximum Gasteiger partial charge on any atom is 0.245 e. The molecule has 1 aliphatic rings. The lowest BCUT2D eigenvalue weighted by molar-refractivity contribution is -0.121. The molecule has 0 fully saturated rings. The second-order valence-electron chi connectivity index (χ2n) is 2.33. The van der Waals surface area contributed by atoms with E-state index in [0.717, 1.165) is 19.3 Å². The lowest BCUT2D eigenvalue weighted by Crippen LogP contribution is -2.14. The standard InChI is InChI=1S/C7H10NO/c8-7(9)6-4-2-1-3-5-6/h2,4,6,8H,1,3,5H2. The monoisotopic (exact) mass is 124 g/mol. The third kappa shape index (κ3) is 1.56. The molecule has 0 bridgehead atoms. The number of amides is 1. The summed E-state index contributed by atoms with van der Waals surface area (Å²) in [7, 11) is 0. The molecule has 0 heterocycles. The molecule has 9 heavy (non-hydrogen) atoms. The van der Waals surface area contributed by atoms with Crippen LogP contribution in [0.3, 0.4) is 0 Å². The van der Waals surface area contributed by atoms with Crippen LogP contribution in [0.5, 0.6) is 0 Å². The van der Waals surface area contributed by atoms with Crippen molar-refractivity contribution >= 4 is 5.91 Å². The van der Waals surface area contributed by atoms with Crippen molar-refractivity contribution in [1.82, 2.24) is 5.73 Å². The van der Waals surface area contributed by atoms with Gasteiger partial charge < -0.3 is 0 Å². The Morgan fingerprint density at radius 3 is 2.78 bits per heavy atom. The van der Waals surface area contributed by atoms with Crippen LogP contribution in [0.4, 0.5) is 0 Å². The van der Waals surface area contributed by atoms with Crippen molar-refractivity contribution in [2.24, 2.45) is 5.92 Å². The summed E-state index contributed by atoms with van der Waals surface area (Å²) in [5.41, 5.74) is 6.78. The van der Waals surface area contributed by atoms with E-state index in [1.807, 2.05) is 12.2 Å². The van der Waals surface area contributed by atoms with Gasteiger partial charge in [-0.05, 0) is 19.3 Å². The zero-order valence-electron chi connectivity index (χ0n) is 5.26. The highest BCUT2D eigenvalue weighted by Gasteiger charge is 2.13. The molecule has 2 nitrogen and oxygen atoms in total. The van der Waals surface area contributed by atoms with Gasteiger partial charge in [0, 0.05) is 0 Å². The fourth-order valence-electron chi connectivity index (χ4n) is 1.03. The Hall–Kier alpha value is -0.790. The molecule has 1 unspecified atom stereocenters. The second-order valence-corrected chi connectivity index (χ2v) is 2.33. The zero-order valence-corrected chi connectivity index (χ0v) is 5.26. The molecule has 1 rings (SSSR count). The molecule has 0 aliphatic heterocycles. The first-order chi connectivity index (χ1) is 4.30. The third-order valence-electron chi connectivity index (χ3n) is 1.59. The predicted molar refractivity (Wildman–Crippen MR) is 34.6 cm³/mol. The molecule has 49 valence electrons. The largest absolute Gasteiger partial charge is 0.273 e. The minimum absolute atomic E-state index is 0.0984. The summed E-state index contributed by atoms with van der Waals surface area (Å²) in [5, 5.41) is 0. The van der Waals surface area contributed by atoms with Crippen molar-refractivity contribution < 1.29 is 4.79 Å². The molecule has 1 radical (unpaired) electrons. The first-order valence-electron chi connectivity index (χ1n) is 3.23. The number of allylic oxidation sites excluding steroid dienone is 1. The molecule has 1 aliphatic carbocycles. The Labute approximate surface area is 54.7 Å². The summed E-state index contributed by atoms with van der Waals surface area (Å²) < 4.78 is 0. The fraction of sp³-hybridized carbons (Fsp3) is 0.571. The quantitative estimate of drug-likeness (QED) is 0.483. The van der Waals surface area contributed by atoms with Crippen LogP contribution in [0.15, 0.2) is 12.2 Å². The van der Waals surface area contributed by atoms with Crippen molar-refractivity contribution in [2.75, 3.05) is 0 Å². The summed E-state index contributed by atoms with van der Waals surface area (Å²) in [5.74, 6) is -0.537. The highest BCUT2D eigenvalue weighted by atomic mass is 16.1. The average Bonchev–Trinajstić information content (AvgIpc) is 1.90. The molecule has 0 aromatic carbocycles. The van der Waals surface area contributed by atoms with Gasteiger partial charge >= 0.3 is 0 Å². The number of carbonyl (C=O) groups excluding carboxylic acids is 1. The van der Waals surface area contributed by atoms with Gasteiger partial charge in [-0.2, -0.15) is 0 Å². The minimum atomic E-state index is -0.439. The summed E-state index contributed by atoms with van der Waals surface area (Å²) in [6.45, 7) is 0. The summed E-state index contributed by atoms with van der Waals surface area (Å²) >= 11 is 0. The van der Waals surface area contributed by atoms with Crippen LogP contribution in [0.2, 0.25) is 0 Å². The van der Waals surface area contributed by atoms with Crippen LogP contribution in [0, 0.1) is 5.92 Å². The van der Waals surface area contributed by atoms with Gasteiger partial charge in [-0.25, -0.2) is 0 Å².